The first-order chi connectivity index (χ1) is 6.52. The van der Waals surface area contributed by atoms with Gasteiger partial charge in [-0.3, -0.25) is 4.79 Å². The predicted octanol–water partition coefficient (Wildman–Crippen LogP) is 0.0781. The normalized spacial score (nSPS) is 14.2. The summed E-state index contributed by atoms with van der Waals surface area (Å²) in [5, 5.41) is 11.1. The van der Waals surface area contributed by atoms with Gasteiger partial charge in [0, 0.05) is 13.7 Å². The van der Waals surface area contributed by atoms with Gasteiger partial charge in [0.15, 0.2) is 0 Å². The van der Waals surface area contributed by atoms with Crippen LogP contribution >= 0.6 is 0 Å². The molecular weight excluding hydrogens is 190 g/mol. The molecule has 6 heteroatoms. The Hall–Kier alpha value is -1.30. The van der Waals surface area contributed by atoms with Gasteiger partial charge in [0.05, 0.1) is 19.1 Å². The molecule has 2 N–H and O–H groups in total. The number of amides is 1. The fraction of sp³-hybridized carbons (Fsp3) is 0.750. The van der Waals surface area contributed by atoms with E-state index in [0.717, 1.165) is 0 Å². The lowest BCUT2D eigenvalue weighted by atomic mass is 10.0. The fourth-order valence-corrected chi connectivity index (χ4v) is 0.884. The highest BCUT2D eigenvalue weighted by molar-refractivity contribution is 5.73. The van der Waals surface area contributed by atoms with Gasteiger partial charge in [-0.1, -0.05) is 0 Å². The number of nitrogens with one attached hydrogen (secondary N) is 1. The number of rotatable bonds is 5. The van der Waals surface area contributed by atoms with E-state index in [0.29, 0.717) is 0 Å². The lowest BCUT2D eigenvalue weighted by Crippen LogP contribution is -2.39. The summed E-state index contributed by atoms with van der Waals surface area (Å²) in [6.45, 7) is 1.61. The number of ether oxygens (including phenoxy) is 2. The van der Waals surface area contributed by atoms with Crippen LogP contribution in [0.1, 0.15) is 6.92 Å². The molecule has 0 spiro atoms. The van der Waals surface area contributed by atoms with E-state index >= 15 is 0 Å². The van der Waals surface area contributed by atoms with Crippen molar-refractivity contribution in [2.75, 3.05) is 20.8 Å². The van der Waals surface area contributed by atoms with Crippen LogP contribution in [-0.4, -0.2) is 44.0 Å². The molecule has 0 aromatic rings. The predicted molar refractivity (Wildman–Crippen MR) is 48.0 cm³/mol. The molecule has 0 aliphatic carbocycles. The van der Waals surface area contributed by atoms with Crippen LogP contribution in [0.3, 0.4) is 0 Å². The summed E-state index contributed by atoms with van der Waals surface area (Å²) in [5.74, 6) is -1.80. The third-order valence-corrected chi connectivity index (χ3v) is 1.91. The van der Waals surface area contributed by atoms with Gasteiger partial charge in [-0.15, -0.1) is 0 Å². The quantitative estimate of drug-likeness (QED) is 0.663. The summed E-state index contributed by atoms with van der Waals surface area (Å²) in [6, 6.07) is 0. The Morgan fingerprint density at radius 1 is 1.43 bits per heavy atom. The number of carbonyl (C=O) groups excluding carboxylic acids is 1. The highest BCUT2D eigenvalue weighted by atomic mass is 16.5. The van der Waals surface area contributed by atoms with Crippen LogP contribution < -0.4 is 5.32 Å². The van der Waals surface area contributed by atoms with Gasteiger partial charge < -0.3 is 19.9 Å². The molecule has 0 fully saturated rings. The molecule has 6 nitrogen and oxygen atoms in total. The van der Waals surface area contributed by atoms with Crippen molar-refractivity contribution < 1.29 is 24.2 Å². The van der Waals surface area contributed by atoms with Gasteiger partial charge in [0.1, 0.15) is 0 Å². The van der Waals surface area contributed by atoms with Gasteiger partial charge in [0.25, 0.3) is 0 Å². The van der Waals surface area contributed by atoms with Gasteiger partial charge in [0.2, 0.25) is 0 Å². The molecule has 0 unspecified atom stereocenters. The maximum absolute atomic E-state index is 10.7. The first-order valence-corrected chi connectivity index (χ1v) is 4.10. The van der Waals surface area contributed by atoms with Gasteiger partial charge in [-0.05, 0) is 6.92 Å². The summed E-state index contributed by atoms with van der Waals surface area (Å²) in [4.78, 5) is 21.4. The van der Waals surface area contributed by atoms with Crippen molar-refractivity contribution in [3.05, 3.63) is 0 Å². The highest BCUT2D eigenvalue weighted by Gasteiger charge is 2.25. The van der Waals surface area contributed by atoms with Crippen molar-refractivity contribution >= 4 is 12.1 Å². The molecule has 2 atom stereocenters. The van der Waals surface area contributed by atoms with E-state index in [1.165, 1.54) is 14.2 Å². The van der Waals surface area contributed by atoms with E-state index in [2.05, 4.69) is 10.1 Å². The lowest BCUT2D eigenvalue weighted by molar-refractivity contribution is -0.145. The number of carbonyl (C=O) groups is 2. The number of hydrogen-bond donors (Lipinski definition) is 2. The molecule has 82 valence electrons. The third kappa shape index (κ3) is 4.08. The number of carboxylic acids is 1. The molecule has 0 aromatic heterocycles. The Kier molecular flexibility index (Phi) is 5.62. The Morgan fingerprint density at radius 2 is 2.00 bits per heavy atom. The van der Waals surface area contributed by atoms with Crippen LogP contribution in [0.2, 0.25) is 0 Å². The van der Waals surface area contributed by atoms with Crippen molar-refractivity contribution in [3.63, 3.8) is 0 Å². The second kappa shape index (κ2) is 6.20. The molecule has 0 heterocycles. The van der Waals surface area contributed by atoms with E-state index in [4.69, 9.17) is 9.84 Å². The van der Waals surface area contributed by atoms with E-state index in [1.54, 1.807) is 6.92 Å². The van der Waals surface area contributed by atoms with Crippen LogP contribution in [0, 0.1) is 5.92 Å². The number of alkyl carbamates (subject to hydrolysis) is 1. The van der Waals surface area contributed by atoms with E-state index < -0.39 is 24.1 Å². The summed E-state index contributed by atoms with van der Waals surface area (Å²) in [5.41, 5.74) is 0. The van der Waals surface area contributed by atoms with E-state index in [-0.39, 0.29) is 6.54 Å². The Labute approximate surface area is 82.2 Å². The molecule has 14 heavy (non-hydrogen) atoms. The molecule has 0 aromatic carbocycles. The van der Waals surface area contributed by atoms with Crippen LogP contribution in [0.25, 0.3) is 0 Å². The van der Waals surface area contributed by atoms with Crippen LogP contribution in [0.4, 0.5) is 4.79 Å². The molecule has 0 aliphatic heterocycles. The average Bonchev–Trinajstić information content (AvgIpc) is 2.16. The third-order valence-electron chi connectivity index (χ3n) is 1.91. The van der Waals surface area contributed by atoms with Crippen molar-refractivity contribution in [2.24, 2.45) is 5.92 Å². The van der Waals surface area contributed by atoms with E-state index in [1.807, 2.05) is 0 Å². The first kappa shape index (κ1) is 12.7. The minimum atomic E-state index is -1.02. The number of methoxy groups -OCH3 is 2. The maximum Gasteiger partial charge on any atom is 0.406 e. The largest absolute Gasteiger partial charge is 0.481 e. The maximum atomic E-state index is 10.7. The minimum absolute atomic E-state index is 0.0169. The minimum Gasteiger partial charge on any atom is -0.481 e. The molecule has 0 saturated carbocycles. The average molecular weight is 205 g/mol. The molecule has 0 radical (unpaired) electrons. The molecule has 0 rings (SSSR count). The van der Waals surface area contributed by atoms with Crippen LogP contribution in [-0.2, 0) is 14.3 Å². The topological polar surface area (TPSA) is 84.9 Å². The van der Waals surface area contributed by atoms with Crippen molar-refractivity contribution in [2.45, 2.75) is 13.0 Å². The van der Waals surface area contributed by atoms with Gasteiger partial charge >= 0.3 is 12.1 Å². The SMILES string of the molecule is COC(=O)NC[C@H](C(=O)O)[C@@H](C)OC. The van der Waals surface area contributed by atoms with Crippen molar-refractivity contribution in [1.82, 2.24) is 5.32 Å². The van der Waals surface area contributed by atoms with Gasteiger partial charge in [-0.25, -0.2) is 4.79 Å². The number of aliphatic carboxylic acids is 1. The smallest absolute Gasteiger partial charge is 0.406 e. The summed E-state index contributed by atoms with van der Waals surface area (Å²) in [7, 11) is 2.63. The number of hydrogen-bond acceptors (Lipinski definition) is 4. The van der Waals surface area contributed by atoms with Crippen molar-refractivity contribution in [3.8, 4) is 0 Å². The zero-order valence-corrected chi connectivity index (χ0v) is 8.44. The fourth-order valence-electron chi connectivity index (χ4n) is 0.884. The Bertz CT molecular complexity index is 206. The first-order valence-electron chi connectivity index (χ1n) is 4.10. The zero-order valence-electron chi connectivity index (χ0n) is 8.44. The van der Waals surface area contributed by atoms with Gasteiger partial charge in [-0.2, -0.15) is 0 Å². The van der Waals surface area contributed by atoms with Crippen LogP contribution in [0.15, 0.2) is 0 Å². The number of carboxylic acid groups (broad SMARTS) is 1. The molecule has 0 bridgehead atoms. The van der Waals surface area contributed by atoms with Crippen molar-refractivity contribution in [1.29, 1.82) is 0 Å². The molecule has 0 aliphatic rings. The summed E-state index contributed by atoms with van der Waals surface area (Å²) < 4.78 is 9.18. The Balaban J connectivity index is 4.10. The Morgan fingerprint density at radius 3 is 2.36 bits per heavy atom. The molecular formula is C8H15NO5. The monoisotopic (exact) mass is 205 g/mol. The van der Waals surface area contributed by atoms with E-state index in [9.17, 15) is 9.59 Å². The standard InChI is InChI=1S/C8H15NO5/c1-5(13-2)6(7(10)11)4-9-8(12)14-3/h5-6H,4H2,1-3H3,(H,9,12)(H,10,11)/t5-,6+/m1/s1. The summed E-state index contributed by atoms with van der Waals surface area (Å²) >= 11 is 0. The van der Waals surface area contributed by atoms with Crippen LogP contribution in [0.5, 0.6) is 0 Å². The lowest BCUT2D eigenvalue weighted by Gasteiger charge is -2.18. The molecule has 1 amide bonds. The highest BCUT2D eigenvalue weighted by Crippen LogP contribution is 2.05. The molecule has 0 saturated heterocycles. The second-order valence-electron chi connectivity index (χ2n) is 2.76. The zero-order chi connectivity index (χ0) is 11.1. The second-order valence-corrected chi connectivity index (χ2v) is 2.76. The summed E-state index contributed by atoms with van der Waals surface area (Å²) in [6.07, 6.45) is -1.12.